The van der Waals surface area contributed by atoms with Crippen LogP contribution >= 0.6 is 0 Å². The lowest BCUT2D eigenvalue weighted by molar-refractivity contribution is 0.450. The van der Waals surface area contributed by atoms with Gasteiger partial charge in [-0.15, -0.1) is 0 Å². The Hall–Kier alpha value is -1.68. The molecule has 0 aliphatic heterocycles. The first-order valence-electron chi connectivity index (χ1n) is 5.18. The normalized spacial score (nSPS) is 12.6. The van der Waals surface area contributed by atoms with Crippen molar-refractivity contribution in [1.82, 2.24) is 10.3 Å². The van der Waals surface area contributed by atoms with Gasteiger partial charge >= 0.3 is 0 Å². The zero-order chi connectivity index (χ0) is 11.4. The Morgan fingerprint density at radius 2 is 2.38 bits per heavy atom. The van der Waals surface area contributed by atoms with Crippen LogP contribution in [-0.2, 0) is 0 Å². The second kappa shape index (κ2) is 4.90. The van der Waals surface area contributed by atoms with Crippen molar-refractivity contribution in [2.24, 2.45) is 0 Å². The Morgan fingerprint density at radius 1 is 1.50 bits per heavy atom. The molecule has 0 amide bonds. The number of rotatable bonds is 4. The maximum absolute atomic E-state index is 13.1. The van der Waals surface area contributed by atoms with Crippen molar-refractivity contribution in [2.75, 3.05) is 6.54 Å². The van der Waals surface area contributed by atoms with Crippen LogP contribution in [0.3, 0.4) is 0 Å². The Balaban J connectivity index is 2.33. The Kier molecular flexibility index (Phi) is 3.31. The molecule has 1 N–H and O–H groups in total. The molecule has 4 heteroatoms. The third-order valence-corrected chi connectivity index (χ3v) is 2.30. The SMILES string of the molecule is CCNC(c1cncc(F)c1)c1ccco1. The molecule has 0 fully saturated rings. The van der Waals surface area contributed by atoms with Crippen LogP contribution in [0.5, 0.6) is 0 Å². The van der Waals surface area contributed by atoms with Crippen molar-refractivity contribution in [3.63, 3.8) is 0 Å². The molecular weight excluding hydrogens is 207 g/mol. The summed E-state index contributed by atoms with van der Waals surface area (Å²) in [6.45, 7) is 2.75. The van der Waals surface area contributed by atoms with Crippen LogP contribution in [0.2, 0.25) is 0 Å². The molecular formula is C12H13FN2O. The number of hydrogen-bond acceptors (Lipinski definition) is 3. The lowest BCUT2D eigenvalue weighted by Gasteiger charge is -2.15. The summed E-state index contributed by atoms with van der Waals surface area (Å²) < 4.78 is 18.4. The summed E-state index contributed by atoms with van der Waals surface area (Å²) in [5, 5.41) is 3.23. The summed E-state index contributed by atoms with van der Waals surface area (Å²) >= 11 is 0. The van der Waals surface area contributed by atoms with E-state index < -0.39 is 0 Å². The van der Waals surface area contributed by atoms with Crippen LogP contribution in [0.15, 0.2) is 41.3 Å². The van der Waals surface area contributed by atoms with Gasteiger partial charge in [-0.1, -0.05) is 6.92 Å². The molecule has 16 heavy (non-hydrogen) atoms. The quantitative estimate of drug-likeness (QED) is 0.860. The van der Waals surface area contributed by atoms with Gasteiger partial charge in [-0.3, -0.25) is 4.98 Å². The third kappa shape index (κ3) is 2.28. The standard InChI is InChI=1S/C12H13FN2O/c1-2-15-12(11-4-3-5-16-11)9-6-10(13)8-14-7-9/h3-8,12,15H,2H2,1H3. The van der Waals surface area contributed by atoms with Crippen molar-refractivity contribution in [3.8, 4) is 0 Å². The highest BCUT2D eigenvalue weighted by Gasteiger charge is 2.16. The van der Waals surface area contributed by atoms with E-state index in [0.29, 0.717) is 0 Å². The van der Waals surface area contributed by atoms with Gasteiger partial charge in [0.1, 0.15) is 11.6 Å². The maximum atomic E-state index is 13.1. The van der Waals surface area contributed by atoms with Gasteiger partial charge in [-0.05, 0) is 30.3 Å². The second-order valence-corrected chi connectivity index (χ2v) is 3.44. The maximum Gasteiger partial charge on any atom is 0.141 e. The molecule has 2 aromatic rings. The molecule has 2 aromatic heterocycles. The van der Waals surface area contributed by atoms with E-state index in [1.807, 2.05) is 19.1 Å². The molecule has 0 aliphatic rings. The predicted octanol–water partition coefficient (Wildman–Crippen LogP) is 2.51. The highest BCUT2D eigenvalue weighted by molar-refractivity contribution is 5.24. The van der Waals surface area contributed by atoms with Gasteiger partial charge in [0, 0.05) is 6.20 Å². The smallest absolute Gasteiger partial charge is 0.141 e. The molecule has 84 valence electrons. The van der Waals surface area contributed by atoms with E-state index in [0.717, 1.165) is 17.9 Å². The van der Waals surface area contributed by atoms with Gasteiger partial charge in [-0.2, -0.15) is 0 Å². The molecule has 2 rings (SSSR count). The first-order chi connectivity index (χ1) is 7.81. The number of furan rings is 1. The molecule has 1 unspecified atom stereocenters. The van der Waals surface area contributed by atoms with Crippen LogP contribution in [0, 0.1) is 5.82 Å². The number of halogens is 1. The van der Waals surface area contributed by atoms with Gasteiger partial charge < -0.3 is 9.73 Å². The number of nitrogens with one attached hydrogen (secondary N) is 1. The van der Waals surface area contributed by atoms with E-state index in [-0.39, 0.29) is 11.9 Å². The average molecular weight is 220 g/mol. The fraction of sp³-hybridized carbons (Fsp3) is 0.250. The number of nitrogens with zero attached hydrogens (tertiary/aromatic N) is 1. The molecule has 0 aliphatic carbocycles. The third-order valence-electron chi connectivity index (χ3n) is 2.30. The highest BCUT2D eigenvalue weighted by atomic mass is 19.1. The van der Waals surface area contributed by atoms with E-state index in [2.05, 4.69) is 10.3 Å². The number of hydrogen-bond donors (Lipinski definition) is 1. The lowest BCUT2D eigenvalue weighted by atomic mass is 10.1. The molecule has 0 bridgehead atoms. The van der Waals surface area contributed by atoms with Crippen LogP contribution in [0.1, 0.15) is 24.3 Å². The molecule has 2 heterocycles. The van der Waals surface area contributed by atoms with Crippen molar-refractivity contribution in [1.29, 1.82) is 0 Å². The first-order valence-corrected chi connectivity index (χ1v) is 5.18. The number of pyridine rings is 1. The fourth-order valence-corrected chi connectivity index (χ4v) is 1.63. The van der Waals surface area contributed by atoms with E-state index in [4.69, 9.17) is 4.42 Å². The van der Waals surface area contributed by atoms with Crippen molar-refractivity contribution < 1.29 is 8.81 Å². The minimum Gasteiger partial charge on any atom is -0.467 e. The molecule has 0 radical (unpaired) electrons. The van der Waals surface area contributed by atoms with Crippen LogP contribution < -0.4 is 5.32 Å². The molecule has 0 saturated heterocycles. The van der Waals surface area contributed by atoms with Gasteiger partial charge in [-0.25, -0.2) is 4.39 Å². The Morgan fingerprint density at radius 3 is 3.00 bits per heavy atom. The fourth-order valence-electron chi connectivity index (χ4n) is 1.63. The van der Waals surface area contributed by atoms with E-state index in [1.54, 1.807) is 12.5 Å². The van der Waals surface area contributed by atoms with Gasteiger partial charge in [0.25, 0.3) is 0 Å². The monoisotopic (exact) mass is 220 g/mol. The summed E-state index contributed by atoms with van der Waals surface area (Å²) in [6, 6.07) is 4.98. The lowest BCUT2D eigenvalue weighted by Crippen LogP contribution is -2.21. The number of aromatic nitrogens is 1. The van der Waals surface area contributed by atoms with Gasteiger partial charge in [0.05, 0.1) is 18.5 Å². The zero-order valence-electron chi connectivity index (χ0n) is 8.98. The molecule has 0 saturated carbocycles. The second-order valence-electron chi connectivity index (χ2n) is 3.44. The molecule has 1 atom stereocenters. The largest absolute Gasteiger partial charge is 0.467 e. The van der Waals surface area contributed by atoms with Crippen molar-refractivity contribution in [3.05, 3.63) is 54.0 Å². The topological polar surface area (TPSA) is 38.1 Å². The Labute approximate surface area is 93.3 Å². The summed E-state index contributed by atoms with van der Waals surface area (Å²) in [4.78, 5) is 3.84. The minimum absolute atomic E-state index is 0.150. The summed E-state index contributed by atoms with van der Waals surface area (Å²) in [5.41, 5.74) is 0.761. The van der Waals surface area contributed by atoms with Gasteiger partial charge in [0.15, 0.2) is 0 Å². The first kappa shape index (κ1) is 10.8. The summed E-state index contributed by atoms with van der Waals surface area (Å²) in [6.07, 6.45) is 4.43. The Bertz CT molecular complexity index is 442. The van der Waals surface area contributed by atoms with Gasteiger partial charge in [0.2, 0.25) is 0 Å². The van der Waals surface area contributed by atoms with Crippen molar-refractivity contribution in [2.45, 2.75) is 13.0 Å². The summed E-state index contributed by atoms with van der Waals surface area (Å²) in [5.74, 6) is 0.418. The average Bonchev–Trinajstić information content (AvgIpc) is 2.79. The van der Waals surface area contributed by atoms with Crippen LogP contribution in [0.4, 0.5) is 4.39 Å². The molecule has 3 nitrogen and oxygen atoms in total. The molecule has 0 spiro atoms. The van der Waals surface area contributed by atoms with Crippen LogP contribution in [-0.4, -0.2) is 11.5 Å². The van der Waals surface area contributed by atoms with E-state index in [9.17, 15) is 4.39 Å². The van der Waals surface area contributed by atoms with E-state index in [1.165, 1.54) is 12.3 Å². The summed E-state index contributed by atoms with van der Waals surface area (Å²) in [7, 11) is 0. The predicted molar refractivity (Wildman–Crippen MR) is 58.4 cm³/mol. The zero-order valence-corrected chi connectivity index (χ0v) is 8.98. The highest BCUT2D eigenvalue weighted by Crippen LogP contribution is 2.22. The minimum atomic E-state index is -0.341. The molecule has 0 aromatic carbocycles. The van der Waals surface area contributed by atoms with E-state index >= 15 is 0 Å². The van der Waals surface area contributed by atoms with Crippen LogP contribution in [0.25, 0.3) is 0 Å². The van der Waals surface area contributed by atoms with Crippen molar-refractivity contribution >= 4 is 0 Å².